The van der Waals surface area contributed by atoms with E-state index in [0.29, 0.717) is 21.3 Å². The molecular formula is C12H15N5O5S2. The summed E-state index contributed by atoms with van der Waals surface area (Å²) < 4.78 is 23.7. The minimum Gasteiger partial charge on any atom is -0.481 e. The van der Waals surface area contributed by atoms with Crippen molar-refractivity contribution in [2.24, 2.45) is 0 Å². The van der Waals surface area contributed by atoms with E-state index in [4.69, 9.17) is 5.11 Å². The summed E-state index contributed by atoms with van der Waals surface area (Å²) in [6.45, 7) is 1.72. The first kappa shape index (κ1) is 17.9. The van der Waals surface area contributed by atoms with Crippen LogP contribution in [0.3, 0.4) is 0 Å². The van der Waals surface area contributed by atoms with Crippen LogP contribution in [0.1, 0.15) is 12.1 Å². The predicted molar refractivity (Wildman–Crippen MR) is 87.6 cm³/mol. The van der Waals surface area contributed by atoms with Gasteiger partial charge in [-0.05, 0) is 6.92 Å². The van der Waals surface area contributed by atoms with Gasteiger partial charge in [0.15, 0.2) is 5.13 Å². The van der Waals surface area contributed by atoms with Crippen LogP contribution in [0.4, 0.5) is 9.93 Å². The van der Waals surface area contributed by atoms with Gasteiger partial charge in [-0.15, -0.1) is 0 Å². The highest BCUT2D eigenvalue weighted by atomic mass is 32.2. The number of anilines is 1. The predicted octanol–water partition coefficient (Wildman–Crippen LogP) is 0.719. The first-order valence-corrected chi connectivity index (χ1v) is 9.33. The second kappa shape index (κ2) is 6.97. The first-order valence-electron chi connectivity index (χ1n) is 6.66. The van der Waals surface area contributed by atoms with Crippen molar-refractivity contribution in [3.05, 3.63) is 18.1 Å². The van der Waals surface area contributed by atoms with Crippen molar-refractivity contribution in [2.45, 2.75) is 13.3 Å². The van der Waals surface area contributed by atoms with Crippen molar-refractivity contribution < 1.29 is 23.1 Å². The summed E-state index contributed by atoms with van der Waals surface area (Å²) in [7, 11) is -3.47. The molecule has 2 heterocycles. The molecular weight excluding hydrogens is 358 g/mol. The number of rotatable bonds is 6. The zero-order valence-electron chi connectivity index (χ0n) is 12.8. The van der Waals surface area contributed by atoms with Gasteiger partial charge in [-0.25, -0.2) is 18.2 Å². The van der Waals surface area contributed by atoms with Crippen LogP contribution < -0.4 is 10.6 Å². The molecule has 3 N–H and O–H groups in total. The number of urea groups is 1. The van der Waals surface area contributed by atoms with Crippen LogP contribution >= 0.6 is 11.3 Å². The molecule has 0 radical (unpaired) electrons. The average molecular weight is 373 g/mol. The Bertz CT molecular complexity index is 870. The van der Waals surface area contributed by atoms with Crippen molar-refractivity contribution in [3.8, 4) is 10.4 Å². The fourth-order valence-electron chi connectivity index (χ4n) is 1.75. The molecule has 0 bridgehead atoms. The van der Waals surface area contributed by atoms with Crippen LogP contribution in [0.2, 0.25) is 0 Å². The number of hydrogen-bond acceptors (Lipinski definition) is 7. The molecule has 0 aliphatic carbocycles. The maximum Gasteiger partial charge on any atom is 0.321 e. The Morgan fingerprint density at radius 3 is 2.71 bits per heavy atom. The maximum atomic E-state index is 11.6. The highest BCUT2D eigenvalue weighted by molar-refractivity contribution is 7.89. The van der Waals surface area contributed by atoms with E-state index in [1.54, 1.807) is 6.92 Å². The van der Waals surface area contributed by atoms with E-state index < -0.39 is 22.0 Å². The van der Waals surface area contributed by atoms with Gasteiger partial charge in [0.1, 0.15) is 0 Å². The van der Waals surface area contributed by atoms with Gasteiger partial charge in [0.05, 0.1) is 35.6 Å². The molecule has 0 unspecified atom stereocenters. The van der Waals surface area contributed by atoms with Crippen LogP contribution in [0.25, 0.3) is 10.4 Å². The van der Waals surface area contributed by atoms with Crippen molar-refractivity contribution in [1.82, 2.24) is 19.5 Å². The summed E-state index contributed by atoms with van der Waals surface area (Å²) >= 11 is 1.16. The minimum absolute atomic E-state index is 0.000485. The van der Waals surface area contributed by atoms with Gasteiger partial charge in [0.25, 0.3) is 10.0 Å². The number of carbonyl (C=O) groups is 2. The Morgan fingerprint density at radius 1 is 1.42 bits per heavy atom. The lowest BCUT2D eigenvalue weighted by Gasteiger charge is -2.02. The van der Waals surface area contributed by atoms with Gasteiger partial charge in [0, 0.05) is 12.1 Å². The number of carbonyl (C=O) groups excluding carboxylic acids is 1. The van der Waals surface area contributed by atoms with Crippen LogP contribution in [-0.4, -0.2) is 52.5 Å². The molecule has 2 rings (SSSR count). The van der Waals surface area contributed by atoms with Gasteiger partial charge < -0.3 is 10.4 Å². The molecule has 10 nitrogen and oxygen atoms in total. The largest absolute Gasteiger partial charge is 0.481 e. The smallest absolute Gasteiger partial charge is 0.321 e. The Hall–Kier alpha value is -2.47. The van der Waals surface area contributed by atoms with Crippen molar-refractivity contribution in [3.63, 3.8) is 0 Å². The normalized spacial score (nSPS) is 11.2. The van der Waals surface area contributed by atoms with Crippen LogP contribution in [0.15, 0.2) is 12.4 Å². The molecule has 2 aromatic rings. The number of amides is 2. The van der Waals surface area contributed by atoms with Crippen LogP contribution in [0.5, 0.6) is 0 Å². The summed E-state index contributed by atoms with van der Waals surface area (Å²) in [5.41, 5.74) is 1.17. The summed E-state index contributed by atoms with van der Waals surface area (Å²) in [5.74, 6) is -1.01. The van der Waals surface area contributed by atoms with Gasteiger partial charge in [-0.1, -0.05) is 11.3 Å². The molecule has 0 atom stereocenters. The molecule has 2 aromatic heterocycles. The Balaban J connectivity index is 2.09. The van der Waals surface area contributed by atoms with Gasteiger partial charge in [0.2, 0.25) is 0 Å². The zero-order chi connectivity index (χ0) is 17.9. The zero-order valence-corrected chi connectivity index (χ0v) is 14.4. The van der Waals surface area contributed by atoms with Gasteiger partial charge in [-0.3, -0.25) is 10.1 Å². The molecule has 0 aliphatic heterocycles. The number of carboxylic acid groups (broad SMARTS) is 1. The highest BCUT2D eigenvalue weighted by Crippen LogP contribution is 2.32. The van der Waals surface area contributed by atoms with E-state index in [1.165, 1.54) is 12.4 Å². The fraction of sp³-hybridized carbons (Fsp3) is 0.333. The SMILES string of the molecule is Cc1nc(NC(=O)NCCC(=O)O)sc1-c1cnn(S(C)(=O)=O)c1. The van der Waals surface area contributed by atoms with Crippen molar-refractivity contribution in [2.75, 3.05) is 18.1 Å². The van der Waals surface area contributed by atoms with Crippen molar-refractivity contribution in [1.29, 1.82) is 0 Å². The van der Waals surface area contributed by atoms with E-state index in [-0.39, 0.29) is 13.0 Å². The molecule has 0 fully saturated rings. The molecule has 130 valence electrons. The second-order valence-corrected chi connectivity index (χ2v) is 7.66. The summed E-state index contributed by atoms with van der Waals surface area (Å²) in [5, 5.41) is 17.5. The lowest BCUT2D eigenvalue weighted by molar-refractivity contribution is -0.136. The number of nitrogens with one attached hydrogen (secondary N) is 2. The maximum absolute atomic E-state index is 11.6. The number of aromatic nitrogens is 3. The molecule has 0 aromatic carbocycles. The topological polar surface area (TPSA) is 143 Å². The number of nitrogens with zero attached hydrogens (tertiary/aromatic N) is 3. The average Bonchev–Trinajstić information content (AvgIpc) is 3.04. The first-order chi connectivity index (χ1) is 11.2. The quantitative estimate of drug-likeness (QED) is 0.677. The lowest BCUT2D eigenvalue weighted by Crippen LogP contribution is -2.30. The van der Waals surface area contributed by atoms with Crippen LogP contribution in [-0.2, 0) is 14.8 Å². The summed E-state index contributed by atoms with van der Waals surface area (Å²) in [6.07, 6.45) is 3.63. The van der Waals surface area contributed by atoms with Gasteiger partial charge >= 0.3 is 12.0 Å². The molecule has 0 saturated heterocycles. The molecule has 0 aliphatic rings. The Kier molecular flexibility index (Phi) is 5.19. The van der Waals surface area contributed by atoms with E-state index in [1.807, 2.05) is 0 Å². The van der Waals surface area contributed by atoms with Crippen molar-refractivity contribution >= 4 is 38.5 Å². The molecule has 24 heavy (non-hydrogen) atoms. The third kappa shape index (κ3) is 4.52. The summed E-state index contributed by atoms with van der Waals surface area (Å²) in [6, 6.07) is -0.566. The molecule has 0 spiro atoms. The summed E-state index contributed by atoms with van der Waals surface area (Å²) in [4.78, 5) is 26.9. The third-order valence-corrected chi connectivity index (χ3v) is 4.80. The second-order valence-electron chi connectivity index (χ2n) is 4.82. The Morgan fingerprint density at radius 2 is 2.12 bits per heavy atom. The minimum atomic E-state index is -3.47. The number of thiazole rings is 1. The number of carboxylic acids is 1. The molecule has 2 amide bonds. The molecule has 0 saturated carbocycles. The number of hydrogen-bond donors (Lipinski definition) is 3. The Labute approximate surface area is 141 Å². The molecule has 12 heteroatoms. The van der Waals surface area contributed by atoms with E-state index in [9.17, 15) is 18.0 Å². The standard InChI is InChI=1S/C12H15N5O5S2/c1-7-10(8-5-14-17(6-8)24(2,21)22)23-12(15-7)16-11(20)13-4-3-9(18)19/h5-6H,3-4H2,1-2H3,(H,18,19)(H2,13,15,16,20). The fourth-order valence-corrected chi connectivity index (χ4v) is 3.21. The number of aliphatic carboxylic acids is 1. The van der Waals surface area contributed by atoms with Gasteiger partial charge in [-0.2, -0.15) is 9.19 Å². The van der Waals surface area contributed by atoms with Crippen LogP contribution in [0, 0.1) is 6.92 Å². The van der Waals surface area contributed by atoms with E-state index >= 15 is 0 Å². The highest BCUT2D eigenvalue weighted by Gasteiger charge is 2.15. The third-order valence-electron chi connectivity index (χ3n) is 2.80. The number of aryl methyl sites for hydroxylation is 1. The lowest BCUT2D eigenvalue weighted by atomic mass is 10.2. The van der Waals surface area contributed by atoms with E-state index in [2.05, 4.69) is 20.7 Å². The van der Waals surface area contributed by atoms with E-state index in [0.717, 1.165) is 21.7 Å². The monoisotopic (exact) mass is 373 g/mol.